The van der Waals surface area contributed by atoms with Crippen LogP contribution in [-0.4, -0.2) is 49.9 Å². The molecule has 0 heterocycles. The van der Waals surface area contributed by atoms with Gasteiger partial charge < -0.3 is 20.1 Å². The third-order valence-electron chi connectivity index (χ3n) is 7.13. The van der Waals surface area contributed by atoms with E-state index in [0.29, 0.717) is 13.0 Å². The number of ether oxygens (including phenoxy) is 2. The highest BCUT2D eigenvalue weighted by Gasteiger charge is 2.25. The van der Waals surface area contributed by atoms with Crippen LogP contribution in [0.2, 0.25) is 0 Å². The van der Waals surface area contributed by atoms with Crippen LogP contribution in [0.4, 0.5) is 0 Å². The minimum atomic E-state index is -4.29. The monoisotopic (exact) mass is 693 g/mol. The molecule has 0 aliphatic heterocycles. The Labute approximate surface area is 293 Å². The summed E-state index contributed by atoms with van der Waals surface area (Å²) >= 11 is 0. The number of hydrogen-bond donors (Lipinski definition) is 2. The average Bonchev–Trinajstić information content (AvgIpc) is 3.07. The van der Waals surface area contributed by atoms with Crippen molar-refractivity contribution in [3.63, 3.8) is 0 Å². The Morgan fingerprint density at radius 2 is 1.17 bits per heavy atom. The van der Waals surface area contributed by atoms with Gasteiger partial charge >= 0.3 is 13.8 Å². The molecule has 0 aromatic heterocycles. The van der Waals surface area contributed by atoms with Gasteiger partial charge in [-0.3, -0.25) is 13.8 Å². The smallest absolute Gasteiger partial charge is 0.457 e. The zero-order chi connectivity index (χ0) is 35.2. The molecule has 0 aromatic rings. The van der Waals surface area contributed by atoms with E-state index in [-0.39, 0.29) is 38.8 Å². The summed E-state index contributed by atoms with van der Waals surface area (Å²) in [7, 11) is -4.29. The molecule has 9 heteroatoms. The van der Waals surface area contributed by atoms with Gasteiger partial charge in [0.15, 0.2) is 0 Å². The maximum atomic E-state index is 12.5. The summed E-state index contributed by atoms with van der Waals surface area (Å²) in [6.07, 6.45) is 43.6. The summed E-state index contributed by atoms with van der Waals surface area (Å²) in [5.74, 6) is -0.369. The summed E-state index contributed by atoms with van der Waals surface area (Å²) in [5.41, 5.74) is 5.34. The molecule has 0 aliphatic carbocycles. The molecule has 0 spiro atoms. The standard InChI is InChI=1S/C39H68NO7P/c1-3-5-7-9-11-13-15-17-18-19-21-23-25-27-29-31-34-44-36-38(37-46-48(42,43)45-35-33-40)47-39(41)32-30-28-26-24-22-20-16-14-12-10-8-6-4-2/h5,7,11,13-14,16-18,21,23,27,29,38H,3-4,6,8-10,12,15,19-20,22,24-26,28,30-37,40H2,1-2H3,(H,42,43)/b7-5-,13-11-,16-14-,18-17-,23-21-,29-27-. The van der Waals surface area contributed by atoms with E-state index in [9.17, 15) is 14.3 Å². The van der Waals surface area contributed by atoms with Crippen molar-refractivity contribution in [1.29, 1.82) is 0 Å². The fourth-order valence-corrected chi connectivity index (χ4v) is 5.23. The van der Waals surface area contributed by atoms with Crippen LogP contribution < -0.4 is 5.73 Å². The van der Waals surface area contributed by atoms with Crippen molar-refractivity contribution in [3.8, 4) is 0 Å². The quantitative estimate of drug-likeness (QED) is 0.0296. The van der Waals surface area contributed by atoms with Crippen molar-refractivity contribution in [3.05, 3.63) is 72.9 Å². The number of hydrogen-bond acceptors (Lipinski definition) is 7. The number of rotatable bonds is 34. The largest absolute Gasteiger partial charge is 0.472 e. The Bertz CT molecular complexity index is 958. The Morgan fingerprint density at radius 1 is 0.646 bits per heavy atom. The molecule has 0 rings (SSSR count). The van der Waals surface area contributed by atoms with E-state index in [2.05, 4.69) is 80.7 Å². The molecule has 0 aromatic carbocycles. The molecular formula is C39H68NO7P. The number of esters is 1. The van der Waals surface area contributed by atoms with E-state index in [1.807, 2.05) is 6.08 Å². The van der Waals surface area contributed by atoms with Gasteiger partial charge in [0, 0.05) is 13.0 Å². The van der Waals surface area contributed by atoms with Crippen molar-refractivity contribution >= 4 is 13.8 Å². The molecule has 0 saturated heterocycles. The van der Waals surface area contributed by atoms with E-state index in [0.717, 1.165) is 64.2 Å². The van der Waals surface area contributed by atoms with Gasteiger partial charge in [-0.25, -0.2) is 4.57 Å². The van der Waals surface area contributed by atoms with Crippen LogP contribution in [0.25, 0.3) is 0 Å². The van der Waals surface area contributed by atoms with Gasteiger partial charge in [-0.2, -0.15) is 0 Å². The molecule has 3 N–H and O–H groups in total. The number of carbonyl (C=O) groups is 1. The van der Waals surface area contributed by atoms with Crippen LogP contribution in [0.15, 0.2) is 72.9 Å². The normalized spacial score (nSPS) is 14.5. The van der Waals surface area contributed by atoms with Crippen LogP contribution in [0, 0.1) is 0 Å². The van der Waals surface area contributed by atoms with Crippen LogP contribution >= 0.6 is 7.82 Å². The van der Waals surface area contributed by atoms with Gasteiger partial charge in [-0.1, -0.05) is 125 Å². The lowest BCUT2D eigenvalue weighted by atomic mass is 10.1. The zero-order valence-electron chi connectivity index (χ0n) is 30.2. The lowest BCUT2D eigenvalue weighted by Gasteiger charge is -2.19. The van der Waals surface area contributed by atoms with E-state index >= 15 is 0 Å². The van der Waals surface area contributed by atoms with Crippen molar-refractivity contribution < 1.29 is 32.8 Å². The average molecular weight is 694 g/mol. The topological polar surface area (TPSA) is 117 Å². The zero-order valence-corrected chi connectivity index (χ0v) is 31.1. The molecule has 0 fully saturated rings. The lowest BCUT2D eigenvalue weighted by molar-refractivity contribution is -0.154. The third-order valence-corrected chi connectivity index (χ3v) is 8.11. The SMILES string of the molecule is CC/C=C\C/C=C\C/C=C\C/C=C\C/C=C\CCOCC(COP(=O)(O)OCCN)OC(=O)CCCCCCC/C=C\CCCCCC. The molecule has 48 heavy (non-hydrogen) atoms. The second-order valence-electron chi connectivity index (χ2n) is 11.7. The van der Waals surface area contributed by atoms with Gasteiger partial charge in [0.25, 0.3) is 0 Å². The number of nitrogens with two attached hydrogens (primary N) is 1. The Balaban J connectivity index is 4.27. The molecule has 2 unspecified atom stereocenters. The Kier molecular flexibility index (Phi) is 34.7. The number of phosphoric acid groups is 1. The van der Waals surface area contributed by atoms with E-state index in [4.69, 9.17) is 24.3 Å². The van der Waals surface area contributed by atoms with Gasteiger partial charge in [-0.15, -0.1) is 0 Å². The molecule has 2 atom stereocenters. The first-order chi connectivity index (χ1) is 23.4. The van der Waals surface area contributed by atoms with Gasteiger partial charge in [0.05, 0.1) is 26.4 Å². The second-order valence-corrected chi connectivity index (χ2v) is 13.2. The first-order valence-electron chi connectivity index (χ1n) is 18.4. The van der Waals surface area contributed by atoms with Gasteiger partial charge in [0.2, 0.25) is 0 Å². The number of phosphoric ester groups is 1. The van der Waals surface area contributed by atoms with E-state index < -0.39 is 13.9 Å². The summed E-state index contributed by atoms with van der Waals surface area (Å²) in [5, 5.41) is 0. The first-order valence-corrected chi connectivity index (χ1v) is 19.9. The Hall–Kier alpha value is -2.06. The predicted octanol–water partition coefficient (Wildman–Crippen LogP) is 10.4. The minimum absolute atomic E-state index is 0.0550. The first kappa shape index (κ1) is 45.9. The van der Waals surface area contributed by atoms with Crippen LogP contribution in [0.5, 0.6) is 0 Å². The molecular weight excluding hydrogens is 625 g/mol. The molecule has 8 nitrogen and oxygen atoms in total. The molecule has 0 radical (unpaired) electrons. The van der Waals surface area contributed by atoms with Gasteiger partial charge in [-0.05, 0) is 70.6 Å². The molecule has 0 bridgehead atoms. The van der Waals surface area contributed by atoms with Crippen LogP contribution in [0.1, 0.15) is 129 Å². The minimum Gasteiger partial charge on any atom is -0.457 e. The molecule has 0 aliphatic rings. The summed E-state index contributed by atoms with van der Waals surface area (Å²) < 4.78 is 33.1. The third kappa shape index (κ3) is 35.3. The van der Waals surface area contributed by atoms with Crippen molar-refractivity contribution in [2.45, 2.75) is 136 Å². The highest BCUT2D eigenvalue weighted by atomic mass is 31.2. The summed E-state index contributed by atoms with van der Waals surface area (Å²) in [6, 6.07) is 0. The highest BCUT2D eigenvalue weighted by molar-refractivity contribution is 7.47. The molecule has 276 valence electrons. The predicted molar refractivity (Wildman–Crippen MR) is 201 cm³/mol. The molecule has 0 saturated carbocycles. The van der Waals surface area contributed by atoms with Crippen molar-refractivity contribution in [1.82, 2.24) is 0 Å². The van der Waals surface area contributed by atoms with Crippen LogP contribution in [0.3, 0.4) is 0 Å². The van der Waals surface area contributed by atoms with Crippen LogP contribution in [-0.2, 0) is 27.9 Å². The maximum absolute atomic E-state index is 12.5. The number of allylic oxidation sites excluding steroid dienone is 11. The van der Waals surface area contributed by atoms with Crippen molar-refractivity contribution in [2.24, 2.45) is 5.73 Å². The lowest BCUT2D eigenvalue weighted by Crippen LogP contribution is -2.28. The fourth-order valence-electron chi connectivity index (χ4n) is 4.46. The fraction of sp³-hybridized carbons (Fsp3) is 0.667. The maximum Gasteiger partial charge on any atom is 0.472 e. The molecule has 0 amide bonds. The van der Waals surface area contributed by atoms with Gasteiger partial charge in [0.1, 0.15) is 6.10 Å². The number of unbranched alkanes of at least 4 members (excludes halogenated alkanes) is 9. The van der Waals surface area contributed by atoms with E-state index in [1.54, 1.807) is 0 Å². The van der Waals surface area contributed by atoms with Crippen molar-refractivity contribution in [2.75, 3.05) is 33.0 Å². The number of carbonyl (C=O) groups excluding carboxylic acids is 1. The van der Waals surface area contributed by atoms with E-state index in [1.165, 1.54) is 38.5 Å². The Morgan fingerprint density at radius 3 is 1.75 bits per heavy atom. The summed E-state index contributed by atoms with van der Waals surface area (Å²) in [4.78, 5) is 22.3. The highest BCUT2D eigenvalue weighted by Crippen LogP contribution is 2.43. The second kappa shape index (κ2) is 36.2. The summed E-state index contributed by atoms with van der Waals surface area (Å²) in [6.45, 7) is 4.51.